The van der Waals surface area contributed by atoms with Crippen molar-refractivity contribution in [2.24, 2.45) is 0 Å². The summed E-state index contributed by atoms with van der Waals surface area (Å²) in [6, 6.07) is 10.3. The van der Waals surface area contributed by atoms with Crippen molar-refractivity contribution >= 4 is 34.7 Å². The van der Waals surface area contributed by atoms with Gasteiger partial charge in [0.05, 0.1) is 10.6 Å². The van der Waals surface area contributed by atoms with Gasteiger partial charge in [0, 0.05) is 31.9 Å². The van der Waals surface area contributed by atoms with Gasteiger partial charge in [0.2, 0.25) is 5.91 Å². The first kappa shape index (κ1) is 19.0. The summed E-state index contributed by atoms with van der Waals surface area (Å²) in [4.78, 5) is 17.8. The third-order valence-corrected chi connectivity index (χ3v) is 6.67. The van der Waals surface area contributed by atoms with Crippen molar-refractivity contribution in [2.45, 2.75) is 19.1 Å². The van der Waals surface area contributed by atoms with Crippen molar-refractivity contribution < 1.29 is 9.21 Å². The highest BCUT2D eigenvalue weighted by Gasteiger charge is 2.23. The summed E-state index contributed by atoms with van der Waals surface area (Å²) in [5, 5.41) is 10.5. The lowest BCUT2D eigenvalue weighted by molar-refractivity contribution is -0.128. The average molecular weight is 415 g/mol. The van der Waals surface area contributed by atoms with E-state index >= 15 is 0 Å². The summed E-state index contributed by atoms with van der Waals surface area (Å²) in [5.41, 5.74) is 3.89. The van der Waals surface area contributed by atoms with Crippen LogP contribution in [-0.4, -0.2) is 52.9 Å². The molecular weight excluding hydrogens is 392 g/mol. The predicted molar refractivity (Wildman–Crippen MR) is 113 cm³/mol. The summed E-state index contributed by atoms with van der Waals surface area (Å²) in [6.45, 7) is 7.46. The van der Waals surface area contributed by atoms with Gasteiger partial charge in [-0.05, 0) is 42.5 Å². The van der Waals surface area contributed by atoms with E-state index in [2.05, 4.69) is 47.1 Å². The minimum atomic E-state index is 0.112. The number of anilines is 1. The molecule has 0 radical (unpaired) electrons. The maximum atomic E-state index is 12.6. The molecule has 1 aliphatic rings. The van der Waals surface area contributed by atoms with Gasteiger partial charge < -0.3 is 14.2 Å². The van der Waals surface area contributed by atoms with Crippen molar-refractivity contribution in [3.8, 4) is 10.8 Å². The number of amides is 1. The summed E-state index contributed by atoms with van der Waals surface area (Å²) >= 11 is 2.85. The zero-order chi connectivity index (χ0) is 19.5. The van der Waals surface area contributed by atoms with E-state index in [-0.39, 0.29) is 5.91 Å². The monoisotopic (exact) mass is 414 g/mol. The number of hydrogen-bond donors (Lipinski definition) is 0. The van der Waals surface area contributed by atoms with Crippen molar-refractivity contribution in [3.05, 3.63) is 46.8 Å². The van der Waals surface area contributed by atoms with Gasteiger partial charge in [0.15, 0.2) is 0 Å². The van der Waals surface area contributed by atoms with Crippen LogP contribution in [0.25, 0.3) is 10.8 Å². The van der Waals surface area contributed by atoms with E-state index in [0.717, 1.165) is 31.1 Å². The van der Waals surface area contributed by atoms with Gasteiger partial charge in [-0.1, -0.05) is 30.0 Å². The lowest BCUT2D eigenvalue weighted by Crippen LogP contribution is -2.49. The number of hydrogen-bond acceptors (Lipinski definition) is 7. The molecule has 0 atom stereocenters. The second-order valence-electron chi connectivity index (χ2n) is 6.73. The molecule has 1 fully saturated rings. The zero-order valence-electron chi connectivity index (χ0n) is 15.9. The highest BCUT2D eigenvalue weighted by atomic mass is 32.2. The van der Waals surface area contributed by atoms with E-state index in [1.54, 1.807) is 11.3 Å². The van der Waals surface area contributed by atoms with Crippen molar-refractivity contribution in [1.29, 1.82) is 0 Å². The quantitative estimate of drug-likeness (QED) is 0.591. The number of aryl methyl sites for hydroxylation is 1. The van der Waals surface area contributed by atoms with Gasteiger partial charge in [-0.2, -0.15) is 0 Å². The largest absolute Gasteiger partial charge is 0.410 e. The number of piperazine rings is 1. The van der Waals surface area contributed by atoms with E-state index in [1.807, 2.05) is 22.4 Å². The van der Waals surface area contributed by atoms with E-state index < -0.39 is 0 Å². The average Bonchev–Trinajstić information content (AvgIpc) is 3.40. The van der Waals surface area contributed by atoms with Crippen LogP contribution in [0, 0.1) is 13.8 Å². The van der Waals surface area contributed by atoms with Gasteiger partial charge in [-0.3, -0.25) is 4.79 Å². The van der Waals surface area contributed by atoms with E-state index in [0.29, 0.717) is 16.9 Å². The molecule has 1 aromatic carbocycles. The molecule has 6 nitrogen and oxygen atoms in total. The Morgan fingerprint density at radius 2 is 1.96 bits per heavy atom. The Balaban J connectivity index is 1.29. The van der Waals surface area contributed by atoms with Gasteiger partial charge >= 0.3 is 0 Å². The number of aromatic nitrogens is 2. The highest BCUT2D eigenvalue weighted by molar-refractivity contribution is 7.99. The fourth-order valence-electron chi connectivity index (χ4n) is 3.26. The molecule has 1 saturated heterocycles. The molecule has 0 bridgehead atoms. The second-order valence-corrected chi connectivity index (χ2v) is 8.60. The third kappa shape index (κ3) is 4.07. The summed E-state index contributed by atoms with van der Waals surface area (Å²) in [7, 11) is 0. The lowest BCUT2D eigenvalue weighted by atomic mass is 10.1. The Labute approximate surface area is 172 Å². The van der Waals surface area contributed by atoms with Crippen molar-refractivity contribution in [2.75, 3.05) is 36.8 Å². The number of rotatable bonds is 5. The molecule has 1 amide bonds. The fourth-order valence-corrected chi connectivity index (χ4v) is 4.57. The molecule has 3 heterocycles. The minimum absolute atomic E-state index is 0.112. The SMILES string of the molecule is Cc1cccc(N2CCN(C(=O)CSc3nnc(-c4cccs4)o3)CC2)c1C. The molecule has 3 aromatic rings. The Morgan fingerprint density at radius 1 is 1.14 bits per heavy atom. The molecule has 1 aliphatic heterocycles. The highest BCUT2D eigenvalue weighted by Crippen LogP contribution is 2.27. The molecule has 0 saturated carbocycles. The molecule has 4 rings (SSSR count). The first-order chi connectivity index (χ1) is 13.6. The standard InChI is InChI=1S/C20H22N4O2S2/c1-14-5-3-6-16(15(14)2)23-8-10-24(11-9-23)18(25)13-28-20-22-21-19(26-20)17-7-4-12-27-17/h3-7,12H,8-11,13H2,1-2H3. The number of nitrogens with zero attached hydrogens (tertiary/aromatic N) is 4. The smallest absolute Gasteiger partial charge is 0.277 e. The van der Waals surface area contributed by atoms with Crippen LogP contribution < -0.4 is 4.90 Å². The number of thioether (sulfide) groups is 1. The van der Waals surface area contributed by atoms with Crippen LogP contribution in [0.3, 0.4) is 0 Å². The van der Waals surface area contributed by atoms with Crippen LogP contribution in [0.1, 0.15) is 11.1 Å². The molecular formula is C20H22N4O2S2. The predicted octanol–water partition coefficient (Wildman–Crippen LogP) is 3.86. The zero-order valence-corrected chi connectivity index (χ0v) is 17.6. The lowest BCUT2D eigenvalue weighted by Gasteiger charge is -2.37. The molecule has 0 N–H and O–H groups in total. The van der Waals surface area contributed by atoms with E-state index in [4.69, 9.17) is 4.42 Å². The van der Waals surface area contributed by atoms with Crippen molar-refractivity contribution in [3.63, 3.8) is 0 Å². The summed E-state index contributed by atoms with van der Waals surface area (Å²) < 4.78 is 5.64. The number of carbonyl (C=O) groups is 1. The van der Waals surface area contributed by atoms with Crippen LogP contribution in [0.2, 0.25) is 0 Å². The van der Waals surface area contributed by atoms with E-state index in [9.17, 15) is 4.79 Å². The van der Waals surface area contributed by atoms with Gasteiger partial charge in [0.25, 0.3) is 11.1 Å². The third-order valence-electron chi connectivity index (χ3n) is 5.01. The van der Waals surface area contributed by atoms with Gasteiger partial charge in [-0.15, -0.1) is 21.5 Å². The van der Waals surface area contributed by atoms with Crippen LogP contribution in [0.4, 0.5) is 5.69 Å². The number of benzene rings is 1. The molecule has 0 unspecified atom stereocenters. The Kier molecular flexibility index (Phi) is 5.68. The van der Waals surface area contributed by atoms with Crippen LogP contribution >= 0.6 is 23.1 Å². The topological polar surface area (TPSA) is 62.5 Å². The molecule has 0 spiro atoms. The first-order valence-electron chi connectivity index (χ1n) is 9.21. The van der Waals surface area contributed by atoms with Gasteiger partial charge in [-0.25, -0.2) is 0 Å². The molecule has 8 heteroatoms. The van der Waals surface area contributed by atoms with Gasteiger partial charge in [0.1, 0.15) is 0 Å². The van der Waals surface area contributed by atoms with E-state index in [1.165, 1.54) is 28.6 Å². The van der Waals surface area contributed by atoms with Crippen molar-refractivity contribution in [1.82, 2.24) is 15.1 Å². The van der Waals surface area contributed by atoms with Crippen LogP contribution in [0.5, 0.6) is 0 Å². The normalized spacial score (nSPS) is 14.5. The molecule has 146 valence electrons. The number of carbonyl (C=O) groups excluding carboxylic acids is 1. The minimum Gasteiger partial charge on any atom is -0.410 e. The van der Waals surface area contributed by atoms with Crippen LogP contribution in [-0.2, 0) is 4.79 Å². The molecule has 28 heavy (non-hydrogen) atoms. The fraction of sp³-hybridized carbons (Fsp3) is 0.350. The molecule has 0 aliphatic carbocycles. The second kappa shape index (κ2) is 8.36. The Bertz CT molecular complexity index is 947. The Hall–Kier alpha value is -2.32. The molecule has 2 aromatic heterocycles. The maximum Gasteiger partial charge on any atom is 0.277 e. The first-order valence-corrected chi connectivity index (χ1v) is 11.1. The summed E-state index contributed by atoms with van der Waals surface area (Å²) in [6.07, 6.45) is 0. The summed E-state index contributed by atoms with van der Waals surface area (Å²) in [5.74, 6) is 0.934. The van der Waals surface area contributed by atoms with Crippen LogP contribution in [0.15, 0.2) is 45.4 Å². The number of thiophene rings is 1. The maximum absolute atomic E-state index is 12.6. The Morgan fingerprint density at radius 3 is 2.71 bits per heavy atom.